The minimum absolute atomic E-state index is 0.0888. The van der Waals surface area contributed by atoms with Gasteiger partial charge in [-0.3, -0.25) is 9.59 Å². The van der Waals surface area contributed by atoms with E-state index in [2.05, 4.69) is 9.72 Å². The van der Waals surface area contributed by atoms with Crippen LogP contribution >= 0.6 is 0 Å². The molecule has 6 heteroatoms. The molecule has 0 aromatic carbocycles. The van der Waals surface area contributed by atoms with Gasteiger partial charge in [0.05, 0.1) is 13.0 Å². The largest absolute Gasteiger partial charge is 0.466 e. The Morgan fingerprint density at radius 2 is 2.18 bits per heavy atom. The predicted octanol–water partition coefficient (Wildman–Crippen LogP) is 1.73. The second kappa shape index (κ2) is 5.56. The maximum absolute atomic E-state index is 12.7. The Bertz CT molecular complexity index is 468. The fraction of sp³-hybridized carbons (Fsp3) is 0.455. The maximum atomic E-state index is 12.7. The Morgan fingerprint density at radius 1 is 1.53 bits per heavy atom. The van der Waals surface area contributed by atoms with Crippen LogP contribution in [-0.2, 0) is 16.0 Å². The highest BCUT2D eigenvalue weighted by Crippen LogP contribution is 2.21. The Balaban J connectivity index is 3.08. The Kier molecular flexibility index (Phi) is 4.37. The molecule has 0 amide bonds. The lowest BCUT2D eigenvalue weighted by Crippen LogP contribution is -2.18. The van der Waals surface area contributed by atoms with Crippen molar-refractivity contribution in [2.24, 2.45) is 0 Å². The minimum Gasteiger partial charge on any atom is -0.466 e. The molecule has 17 heavy (non-hydrogen) atoms. The Hall–Kier alpha value is -1.72. The van der Waals surface area contributed by atoms with E-state index in [9.17, 15) is 18.4 Å². The fourth-order valence-electron chi connectivity index (χ4n) is 1.39. The van der Waals surface area contributed by atoms with Gasteiger partial charge in [0.25, 0.3) is 12.0 Å². The van der Waals surface area contributed by atoms with Crippen molar-refractivity contribution in [3.8, 4) is 0 Å². The first-order valence-corrected chi connectivity index (χ1v) is 5.12. The topological polar surface area (TPSA) is 59.2 Å². The number of rotatable bonds is 4. The van der Waals surface area contributed by atoms with Crippen molar-refractivity contribution >= 4 is 5.97 Å². The highest BCUT2D eigenvalue weighted by molar-refractivity contribution is 5.72. The standard InChI is InChI=1S/C11H13F2NO3/c1-3-17-9(15)5-8-7(10(12)13)4-6(2)11(16)14-8/h4,10H,3,5H2,1-2H3,(H,14,16). The number of esters is 1. The summed E-state index contributed by atoms with van der Waals surface area (Å²) in [6.45, 7) is 3.21. The molecule has 0 saturated carbocycles. The number of pyridine rings is 1. The number of carbonyl (C=O) groups is 1. The zero-order valence-electron chi connectivity index (χ0n) is 9.55. The summed E-state index contributed by atoms with van der Waals surface area (Å²) < 4.78 is 30.0. The van der Waals surface area contributed by atoms with Crippen LogP contribution in [0, 0.1) is 6.92 Å². The van der Waals surface area contributed by atoms with Crippen LogP contribution in [0.15, 0.2) is 10.9 Å². The van der Waals surface area contributed by atoms with Crippen LogP contribution in [-0.4, -0.2) is 17.6 Å². The van der Waals surface area contributed by atoms with Crippen molar-refractivity contribution in [2.45, 2.75) is 26.7 Å². The van der Waals surface area contributed by atoms with Crippen LogP contribution in [0.1, 0.15) is 30.2 Å². The number of aryl methyl sites for hydroxylation is 1. The number of nitrogens with one attached hydrogen (secondary N) is 1. The second-order valence-electron chi connectivity index (χ2n) is 3.50. The molecule has 0 spiro atoms. The van der Waals surface area contributed by atoms with Crippen LogP contribution in [0.5, 0.6) is 0 Å². The number of halogens is 2. The van der Waals surface area contributed by atoms with Gasteiger partial charge in [0.1, 0.15) is 0 Å². The molecule has 4 nitrogen and oxygen atoms in total. The molecular weight excluding hydrogens is 232 g/mol. The summed E-state index contributed by atoms with van der Waals surface area (Å²) in [5.74, 6) is -0.645. The summed E-state index contributed by atoms with van der Waals surface area (Å²) in [4.78, 5) is 24.8. The number of aromatic amines is 1. The van der Waals surface area contributed by atoms with Crippen molar-refractivity contribution in [3.05, 3.63) is 33.2 Å². The number of alkyl halides is 2. The third-order valence-electron chi connectivity index (χ3n) is 2.20. The van der Waals surface area contributed by atoms with E-state index in [4.69, 9.17) is 0 Å². The van der Waals surface area contributed by atoms with Crippen LogP contribution in [0.25, 0.3) is 0 Å². The number of ether oxygens (including phenoxy) is 1. The molecule has 1 aromatic heterocycles. The van der Waals surface area contributed by atoms with Gasteiger partial charge in [0.15, 0.2) is 0 Å². The van der Waals surface area contributed by atoms with E-state index < -0.39 is 18.0 Å². The van der Waals surface area contributed by atoms with Gasteiger partial charge in [-0.05, 0) is 19.9 Å². The van der Waals surface area contributed by atoms with Gasteiger partial charge < -0.3 is 9.72 Å². The van der Waals surface area contributed by atoms with Gasteiger partial charge in [0.2, 0.25) is 0 Å². The van der Waals surface area contributed by atoms with Crippen molar-refractivity contribution in [1.29, 1.82) is 0 Å². The summed E-state index contributed by atoms with van der Waals surface area (Å²) in [6.07, 6.45) is -3.10. The molecule has 1 aromatic rings. The summed E-state index contributed by atoms with van der Waals surface area (Å²) in [5.41, 5.74) is -0.717. The van der Waals surface area contributed by atoms with Crippen molar-refractivity contribution < 1.29 is 18.3 Å². The zero-order chi connectivity index (χ0) is 13.0. The average molecular weight is 245 g/mol. The van der Waals surface area contributed by atoms with Crippen LogP contribution in [0.2, 0.25) is 0 Å². The van der Waals surface area contributed by atoms with Crippen molar-refractivity contribution in [3.63, 3.8) is 0 Å². The summed E-state index contributed by atoms with van der Waals surface area (Å²) in [6, 6.07) is 1.10. The lowest BCUT2D eigenvalue weighted by atomic mass is 10.1. The smallest absolute Gasteiger partial charge is 0.311 e. The third-order valence-corrected chi connectivity index (χ3v) is 2.20. The maximum Gasteiger partial charge on any atom is 0.311 e. The molecule has 0 aliphatic rings. The van der Waals surface area contributed by atoms with E-state index in [-0.39, 0.29) is 29.8 Å². The van der Waals surface area contributed by atoms with E-state index >= 15 is 0 Å². The first kappa shape index (κ1) is 13.3. The first-order chi connectivity index (χ1) is 7.95. The number of aromatic nitrogens is 1. The van der Waals surface area contributed by atoms with Gasteiger partial charge >= 0.3 is 5.97 Å². The van der Waals surface area contributed by atoms with Crippen LogP contribution in [0.4, 0.5) is 8.78 Å². The molecule has 1 heterocycles. The molecule has 1 rings (SSSR count). The summed E-state index contributed by atoms with van der Waals surface area (Å²) in [7, 11) is 0. The summed E-state index contributed by atoms with van der Waals surface area (Å²) >= 11 is 0. The molecule has 0 bridgehead atoms. The monoisotopic (exact) mass is 245 g/mol. The van der Waals surface area contributed by atoms with Gasteiger partial charge in [-0.15, -0.1) is 0 Å². The number of hydrogen-bond acceptors (Lipinski definition) is 3. The lowest BCUT2D eigenvalue weighted by molar-refractivity contribution is -0.142. The SMILES string of the molecule is CCOC(=O)Cc1[nH]c(=O)c(C)cc1C(F)F. The van der Waals surface area contributed by atoms with Crippen LogP contribution in [0.3, 0.4) is 0 Å². The fourth-order valence-corrected chi connectivity index (χ4v) is 1.39. The highest BCUT2D eigenvalue weighted by Gasteiger charge is 2.17. The van der Waals surface area contributed by atoms with Crippen LogP contribution < -0.4 is 5.56 Å². The normalized spacial score (nSPS) is 10.6. The van der Waals surface area contributed by atoms with Crippen molar-refractivity contribution in [2.75, 3.05) is 6.61 Å². The highest BCUT2D eigenvalue weighted by atomic mass is 19.3. The molecule has 0 fully saturated rings. The first-order valence-electron chi connectivity index (χ1n) is 5.12. The van der Waals surface area contributed by atoms with Crippen molar-refractivity contribution in [1.82, 2.24) is 4.98 Å². The second-order valence-corrected chi connectivity index (χ2v) is 3.50. The molecular formula is C11H13F2NO3. The Morgan fingerprint density at radius 3 is 2.71 bits per heavy atom. The molecule has 0 radical (unpaired) electrons. The van der Waals surface area contributed by atoms with Gasteiger partial charge in [0, 0.05) is 16.8 Å². The number of H-pyrrole nitrogens is 1. The van der Waals surface area contributed by atoms with Gasteiger partial charge in [-0.25, -0.2) is 8.78 Å². The quantitative estimate of drug-likeness (QED) is 0.822. The summed E-state index contributed by atoms with van der Waals surface area (Å²) in [5, 5.41) is 0. The number of carbonyl (C=O) groups excluding carboxylic acids is 1. The molecule has 0 unspecified atom stereocenters. The average Bonchev–Trinajstić information content (AvgIpc) is 2.23. The molecule has 0 atom stereocenters. The lowest BCUT2D eigenvalue weighted by Gasteiger charge is -2.09. The minimum atomic E-state index is -2.74. The zero-order valence-corrected chi connectivity index (χ0v) is 9.55. The predicted molar refractivity (Wildman–Crippen MR) is 57.1 cm³/mol. The van der Waals surface area contributed by atoms with E-state index in [0.29, 0.717) is 0 Å². The van der Waals surface area contributed by atoms with E-state index in [1.807, 2.05) is 0 Å². The molecule has 94 valence electrons. The molecule has 1 N–H and O–H groups in total. The van der Waals surface area contributed by atoms with E-state index in [1.54, 1.807) is 6.92 Å². The van der Waals surface area contributed by atoms with E-state index in [1.165, 1.54) is 6.92 Å². The molecule has 0 aliphatic carbocycles. The Labute approximate surface area is 96.6 Å². The van der Waals surface area contributed by atoms with Gasteiger partial charge in [-0.1, -0.05) is 0 Å². The molecule has 0 saturated heterocycles. The third kappa shape index (κ3) is 3.37. The molecule has 0 aliphatic heterocycles. The number of hydrogen-bond donors (Lipinski definition) is 1. The van der Waals surface area contributed by atoms with Gasteiger partial charge in [-0.2, -0.15) is 0 Å². The van der Waals surface area contributed by atoms with E-state index in [0.717, 1.165) is 6.07 Å².